The number of carbonyl (C=O) groups is 2. The van der Waals surface area contributed by atoms with E-state index in [-0.39, 0.29) is 13.0 Å². The molecule has 0 saturated heterocycles. The molecule has 1 amide bonds. The number of aliphatic carboxylic acids is 1. The summed E-state index contributed by atoms with van der Waals surface area (Å²) in [5.74, 6) is 0.475. The Morgan fingerprint density at radius 3 is 2.40 bits per heavy atom. The van der Waals surface area contributed by atoms with Gasteiger partial charge in [-0.25, -0.2) is 19.6 Å². The Kier molecular flexibility index (Phi) is 8.25. The van der Waals surface area contributed by atoms with Crippen LogP contribution in [0.1, 0.15) is 32.0 Å². The van der Waals surface area contributed by atoms with E-state index in [1.165, 1.54) is 0 Å². The second-order valence-corrected chi connectivity index (χ2v) is 8.71. The van der Waals surface area contributed by atoms with Crippen LogP contribution in [0.3, 0.4) is 0 Å². The zero-order valence-electron chi connectivity index (χ0n) is 20.1. The minimum absolute atomic E-state index is 0.0149. The van der Waals surface area contributed by atoms with Gasteiger partial charge in [0.2, 0.25) is 0 Å². The van der Waals surface area contributed by atoms with Gasteiger partial charge in [-0.15, -0.1) is 0 Å². The summed E-state index contributed by atoms with van der Waals surface area (Å²) < 4.78 is 16.6. The van der Waals surface area contributed by atoms with Gasteiger partial charge in [-0.1, -0.05) is 30.3 Å². The molecule has 3 aromatic rings. The molecule has 1 unspecified atom stereocenters. The third kappa shape index (κ3) is 7.43. The predicted octanol–water partition coefficient (Wildman–Crippen LogP) is 4.25. The van der Waals surface area contributed by atoms with Gasteiger partial charge >= 0.3 is 12.1 Å². The Bertz CT molecular complexity index is 1180. The Hall–Kier alpha value is -4.14. The standard InChI is InChI=1S/C26H29N3O6/c1-26(2,3)35-25(32)29-20(24(30)31)15-17-9-5-7-11-21(17)34-16-18-13-14-27-23(28-18)19-10-6-8-12-22(19)33-4/h5-14,20H,15-16H2,1-4H3,(H,29,32)(H,30,31). The lowest BCUT2D eigenvalue weighted by Gasteiger charge is -2.22. The predicted molar refractivity (Wildman–Crippen MR) is 129 cm³/mol. The molecule has 184 valence electrons. The van der Waals surface area contributed by atoms with E-state index in [0.717, 1.165) is 5.56 Å². The minimum Gasteiger partial charge on any atom is -0.496 e. The first kappa shape index (κ1) is 25.5. The van der Waals surface area contributed by atoms with Crippen molar-refractivity contribution in [1.82, 2.24) is 15.3 Å². The van der Waals surface area contributed by atoms with Gasteiger partial charge in [0.15, 0.2) is 5.82 Å². The second-order valence-electron chi connectivity index (χ2n) is 8.71. The lowest BCUT2D eigenvalue weighted by Crippen LogP contribution is -2.44. The molecule has 3 rings (SSSR count). The zero-order chi connectivity index (χ0) is 25.4. The zero-order valence-corrected chi connectivity index (χ0v) is 20.1. The topological polar surface area (TPSA) is 120 Å². The molecule has 2 aromatic carbocycles. The van der Waals surface area contributed by atoms with Crippen LogP contribution in [0.25, 0.3) is 11.4 Å². The van der Waals surface area contributed by atoms with Crippen molar-refractivity contribution >= 4 is 12.1 Å². The van der Waals surface area contributed by atoms with E-state index in [1.54, 1.807) is 64.4 Å². The van der Waals surface area contributed by atoms with Crippen molar-refractivity contribution in [2.24, 2.45) is 0 Å². The Morgan fingerprint density at radius 2 is 1.71 bits per heavy atom. The third-order valence-electron chi connectivity index (χ3n) is 4.82. The molecule has 1 atom stereocenters. The fraction of sp³-hybridized carbons (Fsp3) is 0.308. The van der Waals surface area contributed by atoms with Crippen LogP contribution in [0.4, 0.5) is 4.79 Å². The number of hydrogen-bond donors (Lipinski definition) is 2. The van der Waals surface area contributed by atoms with Crippen molar-refractivity contribution in [3.63, 3.8) is 0 Å². The molecule has 35 heavy (non-hydrogen) atoms. The number of amides is 1. The normalized spacial score (nSPS) is 11.9. The average Bonchev–Trinajstić information content (AvgIpc) is 2.82. The van der Waals surface area contributed by atoms with Gasteiger partial charge in [-0.05, 0) is 50.6 Å². The largest absolute Gasteiger partial charge is 0.496 e. The molecule has 2 N–H and O–H groups in total. The van der Waals surface area contributed by atoms with Crippen molar-refractivity contribution < 1.29 is 28.9 Å². The molecule has 1 aromatic heterocycles. The smallest absolute Gasteiger partial charge is 0.408 e. The molecule has 9 heteroatoms. The molecular weight excluding hydrogens is 450 g/mol. The van der Waals surface area contributed by atoms with Crippen molar-refractivity contribution in [3.8, 4) is 22.9 Å². The number of hydrogen-bond acceptors (Lipinski definition) is 7. The van der Waals surface area contributed by atoms with E-state index in [2.05, 4.69) is 15.3 Å². The summed E-state index contributed by atoms with van der Waals surface area (Å²) in [6, 6.07) is 15.1. The quantitative estimate of drug-likeness (QED) is 0.467. The molecule has 0 aliphatic carbocycles. The summed E-state index contributed by atoms with van der Waals surface area (Å²) in [5.41, 5.74) is 1.27. The maximum absolute atomic E-state index is 12.1. The van der Waals surface area contributed by atoms with Gasteiger partial charge in [-0.2, -0.15) is 0 Å². The number of benzene rings is 2. The lowest BCUT2D eigenvalue weighted by atomic mass is 10.0. The summed E-state index contributed by atoms with van der Waals surface area (Å²) in [6.07, 6.45) is 0.860. The summed E-state index contributed by atoms with van der Waals surface area (Å²) in [4.78, 5) is 32.8. The summed E-state index contributed by atoms with van der Waals surface area (Å²) in [5, 5.41) is 12.0. The molecule has 0 bridgehead atoms. The van der Waals surface area contributed by atoms with Gasteiger partial charge in [0.1, 0.15) is 29.7 Å². The Balaban J connectivity index is 1.73. The van der Waals surface area contributed by atoms with Crippen LogP contribution in [0, 0.1) is 0 Å². The molecule has 0 aliphatic heterocycles. The highest BCUT2D eigenvalue weighted by Gasteiger charge is 2.25. The maximum Gasteiger partial charge on any atom is 0.408 e. The Morgan fingerprint density at radius 1 is 1.03 bits per heavy atom. The van der Waals surface area contributed by atoms with Crippen molar-refractivity contribution in [2.75, 3.05) is 7.11 Å². The van der Waals surface area contributed by atoms with Crippen LogP contribution < -0.4 is 14.8 Å². The number of rotatable bonds is 9. The lowest BCUT2D eigenvalue weighted by molar-refractivity contribution is -0.139. The number of ether oxygens (including phenoxy) is 3. The fourth-order valence-corrected chi connectivity index (χ4v) is 3.27. The molecule has 0 radical (unpaired) electrons. The SMILES string of the molecule is COc1ccccc1-c1nccc(COc2ccccc2CC(NC(=O)OC(C)(C)C)C(=O)O)n1. The van der Waals surface area contributed by atoms with Crippen molar-refractivity contribution in [1.29, 1.82) is 0 Å². The maximum atomic E-state index is 12.1. The van der Waals surface area contributed by atoms with E-state index in [4.69, 9.17) is 14.2 Å². The molecule has 1 heterocycles. The molecule has 0 aliphatic rings. The highest BCUT2D eigenvalue weighted by molar-refractivity contribution is 5.80. The summed E-state index contributed by atoms with van der Waals surface area (Å²) >= 11 is 0. The first-order chi connectivity index (χ1) is 16.7. The fourth-order valence-electron chi connectivity index (χ4n) is 3.27. The third-order valence-corrected chi connectivity index (χ3v) is 4.82. The Labute approximate surface area is 204 Å². The van der Waals surface area contributed by atoms with Gasteiger partial charge in [0.25, 0.3) is 0 Å². The monoisotopic (exact) mass is 479 g/mol. The van der Waals surface area contributed by atoms with Crippen LogP contribution in [0.5, 0.6) is 11.5 Å². The number of carboxylic acids is 1. The summed E-state index contributed by atoms with van der Waals surface area (Å²) in [7, 11) is 1.59. The van der Waals surface area contributed by atoms with E-state index in [1.807, 2.05) is 24.3 Å². The number of para-hydroxylation sites is 2. The number of nitrogens with one attached hydrogen (secondary N) is 1. The van der Waals surface area contributed by atoms with Crippen LogP contribution >= 0.6 is 0 Å². The number of carbonyl (C=O) groups excluding carboxylic acids is 1. The number of methoxy groups -OCH3 is 1. The van der Waals surface area contributed by atoms with E-state index >= 15 is 0 Å². The molecule has 0 spiro atoms. The van der Waals surface area contributed by atoms with Gasteiger partial charge in [-0.3, -0.25) is 0 Å². The molecule has 9 nitrogen and oxygen atoms in total. The molecule has 0 saturated carbocycles. The number of nitrogens with zero attached hydrogens (tertiary/aromatic N) is 2. The van der Waals surface area contributed by atoms with Crippen molar-refractivity contribution in [3.05, 3.63) is 72.1 Å². The van der Waals surface area contributed by atoms with Crippen LogP contribution in [0.2, 0.25) is 0 Å². The first-order valence-corrected chi connectivity index (χ1v) is 11.0. The molecular formula is C26H29N3O6. The van der Waals surface area contributed by atoms with E-state index in [0.29, 0.717) is 28.6 Å². The van der Waals surface area contributed by atoms with Crippen LogP contribution in [0.15, 0.2) is 60.8 Å². The van der Waals surface area contributed by atoms with Crippen LogP contribution in [-0.2, 0) is 22.6 Å². The van der Waals surface area contributed by atoms with E-state index in [9.17, 15) is 14.7 Å². The minimum atomic E-state index is -1.19. The number of alkyl carbamates (subject to hydrolysis) is 1. The van der Waals surface area contributed by atoms with Gasteiger partial charge in [0.05, 0.1) is 18.4 Å². The number of aromatic nitrogens is 2. The number of carboxylic acid groups (broad SMARTS) is 1. The van der Waals surface area contributed by atoms with Gasteiger partial charge in [0, 0.05) is 12.6 Å². The molecule has 0 fully saturated rings. The summed E-state index contributed by atoms with van der Waals surface area (Å²) in [6.45, 7) is 5.26. The second kappa shape index (κ2) is 11.3. The van der Waals surface area contributed by atoms with E-state index < -0.39 is 23.7 Å². The highest BCUT2D eigenvalue weighted by Crippen LogP contribution is 2.27. The average molecular weight is 480 g/mol. The van der Waals surface area contributed by atoms with Crippen LogP contribution in [-0.4, -0.2) is 45.9 Å². The first-order valence-electron chi connectivity index (χ1n) is 11.0. The van der Waals surface area contributed by atoms with Gasteiger partial charge < -0.3 is 24.6 Å². The van der Waals surface area contributed by atoms with Crippen molar-refractivity contribution in [2.45, 2.75) is 45.4 Å². The highest BCUT2D eigenvalue weighted by atomic mass is 16.6.